The minimum atomic E-state index is -1.05. The first-order chi connectivity index (χ1) is 10.1. The zero-order valence-electron chi connectivity index (χ0n) is 11.5. The minimum absolute atomic E-state index is 0.00282. The number of benzene rings is 1. The maximum Gasteiger partial charge on any atom is 0.312 e. The number of carboxylic acids is 1. The first-order valence-corrected chi connectivity index (χ1v) is 6.91. The highest BCUT2D eigenvalue weighted by molar-refractivity contribution is 5.81. The molecule has 0 bridgehead atoms. The first-order valence-electron chi connectivity index (χ1n) is 6.91. The Bertz CT molecular complexity index is 497. The van der Waals surface area contributed by atoms with E-state index in [9.17, 15) is 19.1 Å². The predicted octanol–water partition coefficient (Wildman–Crippen LogP) is 1.54. The van der Waals surface area contributed by atoms with E-state index in [1.165, 1.54) is 24.3 Å². The summed E-state index contributed by atoms with van der Waals surface area (Å²) in [6, 6.07) is 5.28. The number of aliphatic carboxylic acids is 1. The van der Waals surface area contributed by atoms with E-state index in [1.54, 1.807) is 0 Å². The number of nitrogens with one attached hydrogen (secondary N) is 1. The molecule has 1 aromatic rings. The summed E-state index contributed by atoms with van der Waals surface area (Å²) in [6.07, 6.45) is 1.31. The molecule has 0 spiro atoms. The highest BCUT2D eigenvalue weighted by atomic mass is 19.1. The van der Waals surface area contributed by atoms with Gasteiger partial charge in [-0.2, -0.15) is 0 Å². The molecule has 0 aliphatic carbocycles. The average molecular weight is 295 g/mol. The van der Waals surface area contributed by atoms with Gasteiger partial charge in [-0.1, -0.05) is 12.1 Å². The molecule has 1 aromatic carbocycles. The van der Waals surface area contributed by atoms with Crippen LogP contribution >= 0.6 is 0 Å². The average Bonchev–Trinajstić information content (AvgIpc) is 2.49. The Hall–Kier alpha value is -1.95. The van der Waals surface area contributed by atoms with Gasteiger partial charge in [-0.25, -0.2) is 4.39 Å². The molecule has 1 aliphatic heterocycles. The van der Waals surface area contributed by atoms with E-state index in [4.69, 9.17) is 4.74 Å². The van der Waals surface area contributed by atoms with E-state index in [0.29, 0.717) is 31.6 Å². The third-order valence-corrected chi connectivity index (χ3v) is 3.64. The van der Waals surface area contributed by atoms with E-state index in [2.05, 4.69) is 5.32 Å². The molecule has 21 heavy (non-hydrogen) atoms. The molecular weight excluding hydrogens is 277 g/mol. The third kappa shape index (κ3) is 4.26. The Balaban J connectivity index is 1.95. The molecule has 1 fully saturated rings. The van der Waals surface area contributed by atoms with Crippen molar-refractivity contribution in [3.05, 3.63) is 35.6 Å². The fourth-order valence-electron chi connectivity index (χ4n) is 2.35. The van der Waals surface area contributed by atoms with Gasteiger partial charge in [0.1, 0.15) is 5.82 Å². The Morgan fingerprint density at radius 2 is 1.90 bits per heavy atom. The smallest absolute Gasteiger partial charge is 0.312 e. The number of amides is 1. The monoisotopic (exact) mass is 295 g/mol. The van der Waals surface area contributed by atoms with E-state index in [0.717, 1.165) is 0 Å². The van der Waals surface area contributed by atoms with Gasteiger partial charge < -0.3 is 15.2 Å². The molecular formula is C15H18FNO4. The van der Waals surface area contributed by atoms with Crippen molar-refractivity contribution in [1.82, 2.24) is 5.32 Å². The quantitative estimate of drug-likeness (QED) is 0.864. The number of hydrogen-bond acceptors (Lipinski definition) is 3. The second kappa shape index (κ2) is 7.17. The minimum Gasteiger partial charge on any atom is -0.481 e. The highest BCUT2D eigenvalue weighted by Gasteiger charge is 2.25. The molecule has 1 atom stereocenters. The summed E-state index contributed by atoms with van der Waals surface area (Å²) < 4.78 is 18.1. The number of rotatable bonds is 5. The van der Waals surface area contributed by atoms with Gasteiger partial charge in [0.25, 0.3) is 0 Å². The summed E-state index contributed by atoms with van der Waals surface area (Å²) in [7, 11) is 0. The van der Waals surface area contributed by atoms with Crippen molar-refractivity contribution < 1.29 is 23.8 Å². The fraction of sp³-hybridized carbons (Fsp3) is 0.467. The summed E-state index contributed by atoms with van der Waals surface area (Å²) in [5, 5.41) is 11.9. The van der Waals surface area contributed by atoms with Gasteiger partial charge >= 0.3 is 5.97 Å². The van der Waals surface area contributed by atoms with Gasteiger partial charge in [-0.05, 0) is 30.5 Å². The molecule has 1 aliphatic rings. The summed E-state index contributed by atoms with van der Waals surface area (Å²) in [5.41, 5.74) is 0.469. The number of carboxylic acid groups (broad SMARTS) is 1. The number of carbonyl (C=O) groups is 2. The van der Waals surface area contributed by atoms with Crippen LogP contribution in [0.4, 0.5) is 4.39 Å². The SMILES string of the molecule is O=C(NCC(C(=O)O)c1ccc(F)cc1)C1CCOCC1. The van der Waals surface area contributed by atoms with Crippen LogP contribution in [0.5, 0.6) is 0 Å². The van der Waals surface area contributed by atoms with Crippen LogP contribution in [-0.4, -0.2) is 36.7 Å². The zero-order valence-corrected chi connectivity index (χ0v) is 11.5. The van der Waals surface area contributed by atoms with Crippen molar-refractivity contribution in [3.63, 3.8) is 0 Å². The molecule has 114 valence electrons. The molecule has 1 saturated heterocycles. The predicted molar refractivity (Wildman–Crippen MR) is 73.3 cm³/mol. The number of halogens is 1. The Labute approximate surface area is 122 Å². The van der Waals surface area contributed by atoms with Gasteiger partial charge in [0.15, 0.2) is 0 Å². The Kier molecular flexibility index (Phi) is 5.27. The summed E-state index contributed by atoms with van der Waals surface area (Å²) in [6.45, 7) is 1.11. The number of ether oxygens (including phenoxy) is 1. The molecule has 0 radical (unpaired) electrons. The van der Waals surface area contributed by atoms with E-state index >= 15 is 0 Å². The lowest BCUT2D eigenvalue weighted by molar-refractivity contribution is -0.138. The van der Waals surface area contributed by atoms with Gasteiger partial charge in [-0.15, -0.1) is 0 Å². The van der Waals surface area contributed by atoms with E-state index in [-0.39, 0.29) is 18.4 Å². The molecule has 5 nitrogen and oxygen atoms in total. The van der Waals surface area contributed by atoms with Crippen LogP contribution in [0.3, 0.4) is 0 Å². The van der Waals surface area contributed by atoms with E-state index in [1.807, 2.05) is 0 Å². The Morgan fingerprint density at radius 3 is 2.48 bits per heavy atom. The van der Waals surface area contributed by atoms with Crippen LogP contribution in [0.2, 0.25) is 0 Å². The topological polar surface area (TPSA) is 75.6 Å². The normalized spacial score (nSPS) is 17.2. The molecule has 2 rings (SSSR count). The molecule has 0 saturated carbocycles. The van der Waals surface area contributed by atoms with Crippen LogP contribution in [-0.2, 0) is 14.3 Å². The number of carbonyl (C=O) groups excluding carboxylic acids is 1. The summed E-state index contributed by atoms with van der Waals surface area (Å²) in [4.78, 5) is 23.3. The van der Waals surface area contributed by atoms with Crippen molar-refractivity contribution in [2.75, 3.05) is 19.8 Å². The largest absolute Gasteiger partial charge is 0.481 e. The first kappa shape index (κ1) is 15.4. The lowest BCUT2D eigenvalue weighted by atomic mass is 9.97. The van der Waals surface area contributed by atoms with Crippen LogP contribution < -0.4 is 5.32 Å². The van der Waals surface area contributed by atoms with Crippen molar-refractivity contribution >= 4 is 11.9 Å². The molecule has 2 N–H and O–H groups in total. The molecule has 1 heterocycles. The summed E-state index contributed by atoms with van der Waals surface area (Å²) >= 11 is 0. The van der Waals surface area contributed by atoms with Crippen LogP contribution in [0.15, 0.2) is 24.3 Å². The molecule has 1 unspecified atom stereocenters. The highest BCUT2D eigenvalue weighted by Crippen LogP contribution is 2.18. The van der Waals surface area contributed by atoms with Crippen molar-refractivity contribution in [2.45, 2.75) is 18.8 Å². The van der Waals surface area contributed by atoms with Crippen LogP contribution in [0.25, 0.3) is 0 Å². The third-order valence-electron chi connectivity index (χ3n) is 3.64. The van der Waals surface area contributed by atoms with Crippen molar-refractivity contribution in [1.29, 1.82) is 0 Å². The maximum atomic E-state index is 12.9. The van der Waals surface area contributed by atoms with Crippen LogP contribution in [0, 0.1) is 11.7 Å². The lowest BCUT2D eigenvalue weighted by Gasteiger charge is -2.22. The van der Waals surface area contributed by atoms with Crippen molar-refractivity contribution in [2.24, 2.45) is 5.92 Å². The molecule has 6 heteroatoms. The van der Waals surface area contributed by atoms with E-state index < -0.39 is 17.7 Å². The van der Waals surface area contributed by atoms with Gasteiger partial charge in [0, 0.05) is 25.7 Å². The molecule has 1 amide bonds. The van der Waals surface area contributed by atoms with Crippen LogP contribution in [0.1, 0.15) is 24.3 Å². The fourth-order valence-corrected chi connectivity index (χ4v) is 2.35. The zero-order chi connectivity index (χ0) is 15.2. The van der Waals surface area contributed by atoms with Crippen molar-refractivity contribution in [3.8, 4) is 0 Å². The van der Waals surface area contributed by atoms with Gasteiger partial charge in [-0.3, -0.25) is 9.59 Å². The number of hydrogen-bond donors (Lipinski definition) is 2. The second-order valence-corrected chi connectivity index (χ2v) is 5.07. The Morgan fingerprint density at radius 1 is 1.29 bits per heavy atom. The summed E-state index contributed by atoms with van der Waals surface area (Å²) in [5.74, 6) is -2.62. The van der Waals surface area contributed by atoms with Gasteiger partial charge in [0.05, 0.1) is 5.92 Å². The second-order valence-electron chi connectivity index (χ2n) is 5.07. The molecule has 0 aromatic heterocycles. The van der Waals surface area contributed by atoms with Gasteiger partial charge in [0.2, 0.25) is 5.91 Å². The standard InChI is InChI=1S/C15H18FNO4/c16-12-3-1-10(2-4-12)13(15(19)20)9-17-14(18)11-5-7-21-8-6-11/h1-4,11,13H,5-9H2,(H,17,18)(H,19,20). The lowest BCUT2D eigenvalue weighted by Crippen LogP contribution is -2.38. The maximum absolute atomic E-state index is 12.9.